The molecule has 0 saturated heterocycles. The zero-order valence-electron chi connectivity index (χ0n) is 9.84. The summed E-state index contributed by atoms with van der Waals surface area (Å²) in [6, 6.07) is 7.07. The lowest BCUT2D eigenvalue weighted by Crippen LogP contribution is -2.13. The second-order valence-electron chi connectivity index (χ2n) is 3.72. The summed E-state index contributed by atoms with van der Waals surface area (Å²) in [5.41, 5.74) is -0.0477. The minimum Gasteiger partial charge on any atom is -0.316 e. The first-order valence-corrected chi connectivity index (χ1v) is 6.10. The summed E-state index contributed by atoms with van der Waals surface area (Å²) in [6.45, 7) is 0. The molecular weight excluding hydrogens is 305 g/mol. The molecule has 1 N–H and O–H groups in total. The van der Waals surface area contributed by atoms with Gasteiger partial charge in [-0.2, -0.15) is 0 Å². The third kappa shape index (κ3) is 3.04. The molecule has 1 aromatic carbocycles. The minimum absolute atomic E-state index is 0.0755. The fraction of sp³-hybridized carbons (Fsp3) is 0. The van der Waals surface area contributed by atoms with E-state index in [0.717, 1.165) is 0 Å². The molecular formula is C12H7Cl2N3O3. The molecule has 2 rings (SSSR count). The molecule has 0 spiro atoms. The summed E-state index contributed by atoms with van der Waals surface area (Å²) >= 11 is 11.5. The molecule has 8 heteroatoms. The Labute approximate surface area is 123 Å². The number of halogens is 2. The van der Waals surface area contributed by atoms with Crippen molar-refractivity contribution in [3.05, 3.63) is 62.4 Å². The molecule has 0 aliphatic heterocycles. The quantitative estimate of drug-likeness (QED) is 0.533. The van der Waals surface area contributed by atoms with E-state index >= 15 is 0 Å². The number of amides is 1. The van der Waals surface area contributed by atoms with Crippen LogP contribution < -0.4 is 5.32 Å². The second kappa shape index (κ2) is 5.85. The smallest absolute Gasteiger partial charge is 0.292 e. The van der Waals surface area contributed by atoms with E-state index in [2.05, 4.69) is 10.3 Å². The molecule has 0 fully saturated rings. The van der Waals surface area contributed by atoms with Gasteiger partial charge in [-0.1, -0.05) is 35.3 Å². The highest BCUT2D eigenvalue weighted by molar-refractivity contribution is 6.35. The zero-order valence-corrected chi connectivity index (χ0v) is 11.4. The van der Waals surface area contributed by atoms with Crippen molar-refractivity contribution in [2.24, 2.45) is 0 Å². The summed E-state index contributed by atoms with van der Waals surface area (Å²) in [5.74, 6) is -0.603. The molecule has 0 saturated carbocycles. The summed E-state index contributed by atoms with van der Waals surface area (Å²) in [6.07, 6.45) is 1.23. The normalized spacial score (nSPS) is 10.1. The van der Waals surface area contributed by atoms with Crippen LogP contribution in [0.1, 0.15) is 10.4 Å². The van der Waals surface area contributed by atoms with Gasteiger partial charge in [0.25, 0.3) is 11.6 Å². The van der Waals surface area contributed by atoms with Crippen LogP contribution >= 0.6 is 23.2 Å². The van der Waals surface area contributed by atoms with Gasteiger partial charge in [0.1, 0.15) is 10.8 Å². The van der Waals surface area contributed by atoms with Crippen LogP contribution in [0.3, 0.4) is 0 Å². The molecule has 6 nitrogen and oxygen atoms in total. The molecule has 0 unspecified atom stereocenters. The number of rotatable bonds is 3. The minimum atomic E-state index is -0.603. The molecule has 1 amide bonds. The Morgan fingerprint density at radius 3 is 2.70 bits per heavy atom. The molecule has 0 bridgehead atoms. The van der Waals surface area contributed by atoms with Gasteiger partial charge in [-0.3, -0.25) is 14.9 Å². The number of carbonyl (C=O) groups excluding carboxylic acids is 1. The van der Waals surface area contributed by atoms with Crippen molar-refractivity contribution in [2.45, 2.75) is 0 Å². The number of para-hydroxylation sites is 2. The van der Waals surface area contributed by atoms with E-state index in [1.807, 2.05) is 0 Å². The second-order valence-corrected chi connectivity index (χ2v) is 4.51. The van der Waals surface area contributed by atoms with E-state index < -0.39 is 10.8 Å². The Morgan fingerprint density at radius 1 is 1.30 bits per heavy atom. The lowest BCUT2D eigenvalue weighted by molar-refractivity contribution is -0.383. The average Bonchev–Trinajstić information content (AvgIpc) is 2.41. The number of aromatic nitrogens is 1. The Balaban J connectivity index is 2.33. The fourth-order valence-electron chi connectivity index (χ4n) is 1.52. The van der Waals surface area contributed by atoms with Crippen LogP contribution in [0.2, 0.25) is 10.2 Å². The van der Waals surface area contributed by atoms with E-state index in [0.29, 0.717) is 0 Å². The highest BCUT2D eigenvalue weighted by Gasteiger charge is 2.17. The van der Waals surface area contributed by atoms with Crippen molar-refractivity contribution < 1.29 is 9.72 Å². The van der Waals surface area contributed by atoms with Gasteiger partial charge >= 0.3 is 0 Å². The number of nitrogens with zero attached hydrogens (tertiary/aromatic N) is 2. The lowest BCUT2D eigenvalue weighted by atomic mass is 10.2. The number of pyridine rings is 1. The van der Waals surface area contributed by atoms with E-state index in [1.54, 1.807) is 6.07 Å². The third-order valence-corrected chi connectivity index (χ3v) is 2.92. The van der Waals surface area contributed by atoms with Gasteiger partial charge in [0.05, 0.1) is 15.5 Å². The maximum absolute atomic E-state index is 12.1. The van der Waals surface area contributed by atoms with E-state index in [4.69, 9.17) is 23.2 Å². The largest absolute Gasteiger partial charge is 0.316 e. The van der Waals surface area contributed by atoms with Gasteiger partial charge in [-0.05, 0) is 12.1 Å². The number of nitro groups is 1. The van der Waals surface area contributed by atoms with E-state index in [-0.39, 0.29) is 27.1 Å². The van der Waals surface area contributed by atoms with Gasteiger partial charge in [0.15, 0.2) is 0 Å². The van der Waals surface area contributed by atoms with Crippen LogP contribution in [0.15, 0.2) is 36.5 Å². The highest BCUT2D eigenvalue weighted by atomic mass is 35.5. The maximum Gasteiger partial charge on any atom is 0.292 e. The number of anilines is 1. The van der Waals surface area contributed by atoms with Crippen LogP contribution in [-0.2, 0) is 0 Å². The van der Waals surface area contributed by atoms with Crippen LogP contribution in [0, 0.1) is 10.1 Å². The standard InChI is InChI=1S/C12H7Cl2N3O3/c13-8-6-15-11(14)5-7(8)12(18)16-9-3-1-2-4-10(9)17(19)20/h1-6H,(H,16,18). The SMILES string of the molecule is O=C(Nc1ccccc1[N+](=O)[O-])c1cc(Cl)ncc1Cl. The Hall–Kier alpha value is -2.18. The van der Waals surface area contributed by atoms with Crippen LogP contribution in [0.25, 0.3) is 0 Å². The molecule has 102 valence electrons. The predicted octanol–water partition coefficient (Wildman–Crippen LogP) is 3.55. The van der Waals surface area contributed by atoms with Gasteiger partial charge in [0, 0.05) is 12.3 Å². The topological polar surface area (TPSA) is 85.1 Å². The van der Waals surface area contributed by atoms with Crippen LogP contribution in [0.5, 0.6) is 0 Å². The van der Waals surface area contributed by atoms with Crippen molar-refractivity contribution >= 4 is 40.5 Å². The Morgan fingerprint density at radius 2 is 2.00 bits per heavy atom. The molecule has 20 heavy (non-hydrogen) atoms. The highest BCUT2D eigenvalue weighted by Crippen LogP contribution is 2.25. The molecule has 1 aromatic heterocycles. The number of carbonyl (C=O) groups is 1. The fourth-order valence-corrected chi connectivity index (χ4v) is 1.86. The predicted molar refractivity (Wildman–Crippen MR) is 75.3 cm³/mol. The first-order chi connectivity index (χ1) is 9.49. The van der Waals surface area contributed by atoms with Gasteiger partial charge < -0.3 is 5.32 Å². The summed E-state index contributed by atoms with van der Waals surface area (Å²) in [7, 11) is 0. The first-order valence-electron chi connectivity index (χ1n) is 5.35. The molecule has 0 aliphatic rings. The van der Waals surface area contributed by atoms with Crippen molar-refractivity contribution in [1.29, 1.82) is 0 Å². The van der Waals surface area contributed by atoms with Gasteiger partial charge in [0.2, 0.25) is 0 Å². The summed E-state index contributed by atoms with van der Waals surface area (Å²) < 4.78 is 0. The van der Waals surface area contributed by atoms with Crippen molar-refractivity contribution in [2.75, 3.05) is 5.32 Å². The molecule has 2 aromatic rings. The third-order valence-electron chi connectivity index (χ3n) is 2.42. The average molecular weight is 312 g/mol. The molecule has 1 heterocycles. The van der Waals surface area contributed by atoms with Crippen molar-refractivity contribution in [3.8, 4) is 0 Å². The van der Waals surface area contributed by atoms with Crippen molar-refractivity contribution in [1.82, 2.24) is 4.98 Å². The first kappa shape index (κ1) is 14.2. The summed E-state index contributed by atoms with van der Waals surface area (Å²) in [4.78, 5) is 26.0. The Kier molecular flexibility index (Phi) is 4.16. The van der Waals surface area contributed by atoms with Gasteiger partial charge in [-0.15, -0.1) is 0 Å². The number of nitro benzene ring substituents is 1. The van der Waals surface area contributed by atoms with E-state index in [9.17, 15) is 14.9 Å². The number of benzene rings is 1. The van der Waals surface area contributed by atoms with E-state index in [1.165, 1.54) is 30.5 Å². The lowest BCUT2D eigenvalue weighted by Gasteiger charge is -2.07. The summed E-state index contributed by atoms with van der Waals surface area (Å²) in [5, 5.41) is 13.5. The van der Waals surface area contributed by atoms with Gasteiger partial charge in [-0.25, -0.2) is 4.98 Å². The molecule has 0 aliphatic carbocycles. The zero-order chi connectivity index (χ0) is 14.7. The number of hydrogen-bond acceptors (Lipinski definition) is 4. The van der Waals surface area contributed by atoms with Crippen molar-refractivity contribution in [3.63, 3.8) is 0 Å². The number of nitrogens with one attached hydrogen (secondary N) is 1. The molecule has 0 radical (unpaired) electrons. The number of hydrogen-bond donors (Lipinski definition) is 1. The maximum atomic E-state index is 12.1. The van der Waals surface area contributed by atoms with Crippen LogP contribution in [-0.4, -0.2) is 15.8 Å². The Bertz CT molecular complexity index is 691. The van der Waals surface area contributed by atoms with Crippen LogP contribution in [0.4, 0.5) is 11.4 Å². The molecule has 0 atom stereocenters. The monoisotopic (exact) mass is 311 g/mol.